The second-order valence-corrected chi connectivity index (χ2v) is 5.24. The van der Waals surface area contributed by atoms with E-state index in [2.05, 4.69) is 24.4 Å². The first kappa shape index (κ1) is 14.9. The molecule has 0 spiro atoms. The predicted molar refractivity (Wildman–Crippen MR) is 84.8 cm³/mol. The van der Waals surface area contributed by atoms with Gasteiger partial charge in [0, 0.05) is 11.1 Å². The zero-order chi connectivity index (χ0) is 14.5. The maximum absolute atomic E-state index is 6.02. The maximum Gasteiger partial charge on any atom is 0.127 e. The van der Waals surface area contributed by atoms with Gasteiger partial charge in [0.25, 0.3) is 0 Å². The van der Waals surface area contributed by atoms with Crippen molar-refractivity contribution in [2.75, 3.05) is 7.05 Å². The molecule has 2 rings (SSSR count). The zero-order valence-corrected chi connectivity index (χ0v) is 12.9. The van der Waals surface area contributed by atoms with Gasteiger partial charge in [-0.05, 0) is 61.9 Å². The lowest BCUT2D eigenvalue weighted by Gasteiger charge is -2.15. The summed E-state index contributed by atoms with van der Waals surface area (Å²) in [5.74, 6) is 1.65. The number of benzene rings is 2. The average Bonchev–Trinajstić information content (AvgIpc) is 2.45. The highest BCUT2D eigenvalue weighted by atomic mass is 35.5. The minimum absolute atomic E-state index is 0.352. The number of hydrogen-bond acceptors (Lipinski definition) is 2. The molecule has 0 aliphatic heterocycles. The van der Waals surface area contributed by atoms with Crippen molar-refractivity contribution in [1.82, 2.24) is 5.32 Å². The van der Waals surface area contributed by atoms with Crippen molar-refractivity contribution in [3.8, 4) is 11.5 Å². The Labute approximate surface area is 125 Å². The van der Waals surface area contributed by atoms with Gasteiger partial charge in [-0.15, -0.1) is 0 Å². The third kappa shape index (κ3) is 3.53. The number of halogens is 1. The van der Waals surface area contributed by atoms with E-state index < -0.39 is 0 Å². The molecule has 1 atom stereocenters. The van der Waals surface area contributed by atoms with Crippen LogP contribution >= 0.6 is 11.6 Å². The van der Waals surface area contributed by atoms with Crippen LogP contribution < -0.4 is 10.1 Å². The highest BCUT2D eigenvalue weighted by molar-refractivity contribution is 6.31. The predicted octanol–water partition coefficient (Wildman–Crippen LogP) is 5.11. The monoisotopic (exact) mass is 289 g/mol. The highest BCUT2D eigenvalue weighted by Gasteiger charge is 2.08. The molecule has 2 nitrogen and oxygen atoms in total. The van der Waals surface area contributed by atoms with Crippen molar-refractivity contribution >= 4 is 11.6 Å². The summed E-state index contributed by atoms with van der Waals surface area (Å²) in [7, 11) is 1.98. The number of nitrogens with one attached hydrogen (secondary N) is 1. The molecule has 2 aromatic carbocycles. The van der Waals surface area contributed by atoms with E-state index >= 15 is 0 Å². The van der Waals surface area contributed by atoms with Crippen LogP contribution in [0.3, 0.4) is 0 Å². The molecule has 106 valence electrons. The van der Waals surface area contributed by atoms with E-state index in [-0.39, 0.29) is 0 Å². The van der Waals surface area contributed by atoms with E-state index in [0.717, 1.165) is 28.5 Å². The van der Waals surface area contributed by atoms with Crippen molar-refractivity contribution in [1.29, 1.82) is 0 Å². The topological polar surface area (TPSA) is 21.3 Å². The smallest absolute Gasteiger partial charge is 0.127 e. The lowest BCUT2D eigenvalue weighted by Crippen LogP contribution is -2.14. The molecule has 0 bridgehead atoms. The Morgan fingerprint density at radius 2 is 1.90 bits per heavy atom. The summed E-state index contributed by atoms with van der Waals surface area (Å²) in [5, 5.41) is 4.06. The van der Waals surface area contributed by atoms with Crippen LogP contribution in [0.25, 0.3) is 0 Å². The van der Waals surface area contributed by atoms with E-state index in [1.54, 1.807) is 0 Å². The van der Waals surface area contributed by atoms with Gasteiger partial charge in [-0.25, -0.2) is 0 Å². The minimum Gasteiger partial charge on any atom is -0.457 e. The number of ether oxygens (including phenoxy) is 1. The minimum atomic E-state index is 0.352. The SMILES string of the molecule is CCC(NC)c1cccc(Oc2ccc(Cl)c(C)c2)c1. The van der Waals surface area contributed by atoms with E-state index in [1.807, 2.05) is 44.3 Å². The molecule has 2 aromatic rings. The standard InChI is InChI=1S/C17H20ClNO/c1-4-17(19-3)13-6-5-7-14(11-13)20-15-8-9-16(18)12(2)10-15/h5-11,17,19H,4H2,1-3H3. The van der Waals surface area contributed by atoms with E-state index in [4.69, 9.17) is 16.3 Å². The van der Waals surface area contributed by atoms with E-state index in [0.29, 0.717) is 6.04 Å². The maximum atomic E-state index is 6.02. The molecule has 0 radical (unpaired) electrons. The largest absolute Gasteiger partial charge is 0.457 e. The molecule has 0 amide bonds. The highest BCUT2D eigenvalue weighted by Crippen LogP contribution is 2.28. The number of aryl methyl sites for hydroxylation is 1. The van der Waals surface area contributed by atoms with Crippen LogP contribution in [0.2, 0.25) is 5.02 Å². The van der Waals surface area contributed by atoms with Gasteiger partial charge in [0.05, 0.1) is 0 Å². The summed E-state index contributed by atoms with van der Waals surface area (Å²) < 4.78 is 5.91. The van der Waals surface area contributed by atoms with Crippen molar-refractivity contribution < 1.29 is 4.74 Å². The third-order valence-electron chi connectivity index (χ3n) is 3.38. The third-order valence-corrected chi connectivity index (χ3v) is 3.81. The summed E-state index contributed by atoms with van der Waals surface area (Å²) in [6.45, 7) is 4.14. The molecule has 0 fully saturated rings. The van der Waals surface area contributed by atoms with Crippen LogP contribution in [0.15, 0.2) is 42.5 Å². The molecule has 0 aliphatic carbocycles. The average molecular weight is 290 g/mol. The molecule has 3 heteroatoms. The fourth-order valence-corrected chi connectivity index (χ4v) is 2.34. The Kier molecular flexibility index (Phi) is 5.05. The van der Waals surface area contributed by atoms with Gasteiger partial charge >= 0.3 is 0 Å². The van der Waals surface area contributed by atoms with E-state index in [1.165, 1.54) is 5.56 Å². The van der Waals surface area contributed by atoms with Gasteiger partial charge < -0.3 is 10.1 Å². The van der Waals surface area contributed by atoms with Gasteiger partial charge in [-0.3, -0.25) is 0 Å². The first-order chi connectivity index (χ1) is 9.63. The summed E-state index contributed by atoms with van der Waals surface area (Å²) in [6.07, 6.45) is 1.04. The van der Waals surface area contributed by atoms with Gasteiger partial charge in [0.1, 0.15) is 11.5 Å². The molecule has 1 unspecified atom stereocenters. The fourth-order valence-electron chi connectivity index (χ4n) is 2.22. The van der Waals surface area contributed by atoms with Crippen LogP contribution in [-0.2, 0) is 0 Å². The Balaban J connectivity index is 2.21. The molecular weight excluding hydrogens is 270 g/mol. The zero-order valence-electron chi connectivity index (χ0n) is 12.1. The molecule has 20 heavy (non-hydrogen) atoms. The number of hydrogen-bond donors (Lipinski definition) is 1. The van der Waals surface area contributed by atoms with Crippen LogP contribution in [0.4, 0.5) is 0 Å². The van der Waals surface area contributed by atoms with Crippen LogP contribution in [-0.4, -0.2) is 7.05 Å². The van der Waals surface area contributed by atoms with Crippen molar-refractivity contribution in [2.24, 2.45) is 0 Å². The Bertz CT molecular complexity index is 579. The second-order valence-electron chi connectivity index (χ2n) is 4.84. The van der Waals surface area contributed by atoms with Crippen molar-refractivity contribution in [3.63, 3.8) is 0 Å². The van der Waals surface area contributed by atoms with Crippen LogP contribution in [0.1, 0.15) is 30.5 Å². The summed E-state index contributed by atoms with van der Waals surface area (Å²) in [5.41, 5.74) is 2.25. The molecule has 1 N–H and O–H groups in total. The second kappa shape index (κ2) is 6.78. The molecule has 0 aromatic heterocycles. The fraction of sp³-hybridized carbons (Fsp3) is 0.294. The summed E-state index contributed by atoms with van der Waals surface area (Å²) in [6, 6.07) is 14.2. The lowest BCUT2D eigenvalue weighted by molar-refractivity contribution is 0.479. The molecule has 0 heterocycles. The van der Waals surface area contributed by atoms with Crippen LogP contribution in [0, 0.1) is 6.92 Å². The van der Waals surface area contributed by atoms with Gasteiger partial charge in [0.15, 0.2) is 0 Å². The molecule has 0 saturated carbocycles. The summed E-state index contributed by atoms with van der Waals surface area (Å²) in [4.78, 5) is 0. The number of rotatable bonds is 5. The van der Waals surface area contributed by atoms with E-state index in [9.17, 15) is 0 Å². The first-order valence-electron chi connectivity index (χ1n) is 6.85. The summed E-state index contributed by atoms with van der Waals surface area (Å²) >= 11 is 6.02. The molecular formula is C17H20ClNO. The quantitative estimate of drug-likeness (QED) is 0.826. The van der Waals surface area contributed by atoms with Crippen LogP contribution in [0.5, 0.6) is 11.5 Å². The molecule has 0 aliphatic rings. The van der Waals surface area contributed by atoms with Crippen molar-refractivity contribution in [2.45, 2.75) is 26.3 Å². The van der Waals surface area contributed by atoms with Crippen molar-refractivity contribution in [3.05, 3.63) is 58.6 Å². The lowest BCUT2D eigenvalue weighted by atomic mass is 10.0. The molecule has 0 saturated heterocycles. The van der Waals surface area contributed by atoms with Gasteiger partial charge in [-0.1, -0.05) is 30.7 Å². The van der Waals surface area contributed by atoms with Gasteiger partial charge in [-0.2, -0.15) is 0 Å². The first-order valence-corrected chi connectivity index (χ1v) is 7.23. The normalized spacial score (nSPS) is 12.2. The van der Waals surface area contributed by atoms with Gasteiger partial charge in [0.2, 0.25) is 0 Å². The Morgan fingerprint density at radius 1 is 1.15 bits per heavy atom. The Morgan fingerprint density at radius 3 is 2.55 bits per heavy atom. The Hall–Kier alpha value is -1.51.